The summed E-state index contributed by atoms with van der Waals surface area (Å²) in [6, 6.07) is 5.00. The van der Waals surface area contributed by atoms with E-state index in [1.54, 1.807) is 25.1 Å². The average molecular weight is 303 g/mol. The van der Waals surface area contributed by atoms with E-state index < -0.39 is 11.8 Å². The summed E-state index contributed by atoms with van der Waals surface area (Å²) in [6.07, 6.45) is 1.42. The summed E-state index contributed by atoms with van der Waals surface area (Å²) >= 11 is 11.9. The van der Waals surface area contributed by atoms with Crippen molar-refractivity contribution >= 4 is 35.2 Å². The molecule has 0 amide bonds. The van der Waals surface area contributed by atoms with Crippen molar-refractivity contribution in [2.45, 2.75) is 12.7 Å². The lowest BCUT2D eigenvalue weighted by Gasteiger charge is -2.23. The van der Waals surface area contributed by atoms with E-state index in [-0.39, 0.29) is 5.57 Å². The highest BCUT2D eigenvalue weighted by Crippen LogP contribution is 2.32. The molecule has 19 heavy (non-hydrogen) atoms. The quantitative estimate of drug-likeness (QED) is 0.871. The molecule has 1 aromatic rings. The van der Waals surface area contributed by atoms with Crippen LogP contribution in [0.4, 0.5) is 0 Å². The molecule has 1 aliphatic heterocycles. The topological polar surface area (TPSA) is 55.8 Å². The van der Waals surface area contributed by atoms with Gasteiger partial charge in [0.25, 0.3) is 0 Å². The predicted molar refractivity (Wildman–Crippen MR) is 72.4 cm³/mol. The van der Waals surface area contributed by atoms with Gasteiger partial charge in [-0.2, -0.15) is 0 Å². The van der Waals surface area contributed by atoms with Crippen LogP contribution in [0.15, 0.2) is 23.8 Å². The van der Waals surface area contributed by atoms with E-state index in [1.807, 2.05) is 0 Å². The lowest BCUT2D eigenvalue weighted by Crippen LogP contribution is -2.32. The van der Waals surface area contributed by atoms with Crippen molar-refractivity contribution < 1.29 is 19.4 Å². The highest BCUT2D eigenvalue weighted by atomic mass is 35.5. The molecule has 1 saturated heterocycles. The lowest BCUT2D eigenvalue weighted by molar-refractivity contribution is -0.147. The van der Waals surface area contributed by atoms with E-state index in [0.29, 0.717) is 28.8 Å². The number of aliphatic carboxylic acids is 1. The van der Waals surface area contributed by atoms with Crippen LogP contribution in [-0.4, -0.2) is 30.1 Å². The Bertz CT molecular complexity index is 533. The molecule has 0 radical (unpaired) electrons. The smallest absolute Gasteiger partial charge is 0.337 e. The zero-order valence-electron chi connectivity index (χ0n) is 10.2. The zero-order valence-corrected chi connectivity index (χ0v) is 11.7. The summed E-state index contributed by atoms with van der Waals surface area (Å²) in [5.74, 6) is -2.39. The van der Waals surface area contributed by atoms with Crippen molar-refractivity contribution in [3.05, 3.63) is 39.4 Å². The van der Waals surface area contributed by atoms with Gasteiger partial charge < -0.3 is 14.6 Å². The predicted octanol–water partition coefficient (Wildman–Crippen LogP) is 3.22. The van der Waals surface area contributed by atoms with Gasteiger partial charge in [-0.25, -0.2) is 4.79 Å². The third-order valence-corrected chi connectivity index (χ3v) is 3.67. The van der Waals surface area contributed by atoms with Gasteiger partial charge in [0.15, 0.2) is 5.79 Å². The van der Waals surface area contributed by atoms with Gasteiger partial charge in [-0.1, -0.05) is 35.3 Å². The minimum Gasteiger partial charge on any atom is -0.478 e. The summed E-state index contributed by atoms with van der Waals surface area (Å²) in [6.45, 7) is 2.27. The first-order valence-electron chi connectivity index (χ1n) is 5.61. The monoisotopic (exact) mass is 302 g/mol. The highest BCUT2D eigenvalue weighted by Gasteiger charge is 2.39. The molecular weight excluding hydrogens is 291 g/mol. The molecule has 0 aliphatic carbocycles. The molecule has 1 aromatic carbocycles. The van der Waals surface area contributed by atoms with Gasteiger partial charge in [-0.15, -0.1) is 0 Å². The van der Waals surface area contributed by atoms with Crippen LogP contribution in [-0.2, 0) is 14.3 Å². The van der Waals surface area contributed by atoms with E-state index in [2.05, 4.69) is 0 Å². The van der Waals surface area contributed by atoms with Crippen molar-refractivity contribution in [3.8, 4) is 0 Å². The molecule has 2 rings (SSSR count). The van der Waals surface area contributed by atoms with Gasteiger partial charge in [0.1, 0.15) is 0 Å². The Kier molecular flexibility index (Phi) is 4.16. The third kappa shape index (κ3) is 2.92. The second-order valence-corrected chi connectivity index (χ2v) is 4.93. The van der Waals surface area contributed by atoms with Crippen LogP contribution in [0, 0.1) is 0 Å². The Balaban J connectivity index is 2.47. The summed E-state index contributed by atoms with van der Waals surface area (Å²) in [7, 11) is 0. The van der Waals surface area contributed by atoms with Crippen LogP contribution >= 0.6 is 23.2 Å². The number of carbonyl (C=O) groups is 1. The van der Waals surface area contributed by atoms with Crippen molar-refractivity contribution in [3.63, 3.8) is 0 Å². The average Bonchev–Trinajstić information content (AvgIpc) is 2.78. The van der Waals surface area contributed by atoms with Crippen molar-refractivity contribution in [1.29, 1.82) is 0 Å². The molecule has 4 nitrogen and oxygen atoms in total. The van der Waals surface area contributed by atoms with Crippen molar-refractivity contribution in [2.75, 3.05) is 13.2 Å². The van der Waals surface area contributed by atoms with Crippen LogP contribution in [0.3, 0.4) is 0 Å². The standard InChI is InChI=1S/C13H12Cl2O4/c1-13(18-5-6-19-13)9(12(16)17)7-8-3-2-4-10(14)11(8)15/h2-4,7H,5-6H2,1H3,(H,16,17)/b9-7-. The highest BCUT2D eigenvalue weighted by molar-refractivity contribution is 6.42. The number of halogens is 2. The molecule has 0 bridgehead atoms. The van der Waals surface area contributed by atoms with Crippen molar-refractivity contribution in [1.82, 2.24) is 0 Å². The van der Waals surface area contributed by atoms with E-state index >= 15 is 0 Å². The minimum atomic E-state index is -1.27. The SMILES string of the molecule is CC1(/C(=C\c2cccc(Cl)c2Cl)C(=O)O)OCCO1. The van der Waals surface area contributed by atoms with Gasteiger partial charge in [0.2, 0.25) is 0 Å². The first-order valence-corrected chi connectivity index (χ1v) is 6.37. The minimum absolute atomic E-state index is 0.0193. The normalized spacial score (nSPS) is 18.6. The van der Waals surface area contributed by atoms with Crippen LogP contribution in [0.5, 0.6) is 0 Å². The third-order valence-electron chi connectivity index (χ3n) is 2.84. The van der Waals surface area contributed by atoms with E-state index in [4.69, 9.17) is 32.7 Å². The van der Waals surface area contributed by atoms with Gasteiger partial charge in [-0.3, -0.25) is 0 Å². The maximum absolute atomic E-state index is 11.4. The molecule has 102 valence electrons. The molecule has 0 unspecified atom stereocenters. The number of benzene rings is 1. The molecule has 1 aliphatic rings. The second-order valence-electron chi connectivity index (χ2n) is 4.15. The number of rotatable bonds is 3. The van der Waals surface area contributed by atoms with Gasteiger partial charge in [0, 0.05) is 0 Å². The molecule has 6 heteroatoms. The van der Waals surface area contributed by atoms with Crippen LogP contribution < -0.4 is 0 Å². The van der Waals surface area contributed by atoms with Crippen LogP contribution in [0.25, 0.3) is 6.08 Å². The lowest BCUT2D eigenvalue weighted by atomic mass is 10.0. The zero-order chi connectivity index (χ0) is 14.0. The Hall–Kier alpha value is -1.07. The van der Waals surface area contributed by atoms with Gasteiger partial charge >= 0.3 is 5.97 Å². The fraction of sp³-hybridized carbons (Fsp3) is 0.308. The van der Waals surface area contributed by atoms with E-state index in [0.717, 1.165) is 0 Å². The molecule has 1 N–H and O–H groups in total. The number of carboxylic acids is 1. The fourth-order valence-corrected chi connectivity index (χ4v) is 2.21. The Morgan fingerprint density at radius 2 is 2.00 bits per heavy atom. The van der Waals surface area contributed by atoms with Crippen LogP contribution in [0.2, 0.25) is 10.0 Å². The van der Waals surface area contributed by atoms with Crippen molar-refractivity contribution in [2.24, 2.45) is 0 Å². The largest absolute Gasteiger partial charge is 0.478 e. The maximum atomic E-state index is 11.4. The summed E-state index contributed by atoms with van der Waals surface area (Å²) in [5, 5.41) is 9.97. The number of hydrogen-bond donors (Lipinski definition) is 1. The van der Waals surface area contributed by atoms with Gasteiger partial charge in [0.05, 0.1) is 28.8 Å². The number of ether oxygens (including phenoxy) is 2. The summed E-state index contributed by atoms with van der Waals surface area (Å²) in [4.78, 5) is 11.4. The molecular formula is C13H12Cl2O4. The van der Waals surface area contributed by atoms with Crippen LogP contribution in [0.1, 0.15) is 12.5 Å². The number of hydrogen-bond acceptors (Lipinski definition) is 3. The maximum Gasteiger partial charge on any atom is 0.337 e. The van der Waals surface area contributed by atoms with Gasteiger partial charge in [-0.05, 0) is 24.6 Å². The Labute approximate surface area is 120 Å². The molecule has 1 fully saturated rings. The van der Waals surface area contributed by atoms with E-state index in [1.165, 1.54) is 6.08 Å². The molecule has 0 aromatic heterocycles. The Morgan fingerprint density at radius 3 is 2.58 bits per heavy atom. The summed E-state index contributed by atoms with van der Waals surface area (Å²) in [5.41, 5.74) is 0.487. The number of carboxylic acid groups (broad SMARTS) is 1. The summed E-state index contributed by atoms with van der Waals surface area (Å²) < 4.78 is 10.7. The second kappa shape index (κ2) is 5.51. The first-order chi connectivity index (χ1) is 8.94. The first kappa shape index (κ1) is 14.3. The molecule has 1 heterocycles. The van der Waals surface area contributed by atoms with E-state index in [9.17, 15) is 9.90 Å². The fourth-order valence-electron chi connectivity index (χ4n) is 1.84. The molecule has 0 atom stereocenters. The Morgan fingerprint density at radius 1 is 1.37 bits per heavy atom. The molecule has 0 saturated carbocycles. The molecule has 0 spiro atoms.